The first-order chi connectivity index (χ1) is 8.72. The van der Waals surface area contributed by atoms with Crippen molar-refractivity contribution in [2.24, 2.45) is 11.8 Å². The smallest absolute Gasteiger partial charge is 0.162 e. The number of aromatic hydroxyl groups is 1. The van der Waals surface area contributed by atoms with E-state index in [1.807, 2.05) is 12.1 Å². The van der Waals surface area contributed by atoms with Crippen molar-refractivity contribution < 1.29 is 9.84 Å². The van der Waals surface area contributed by atoms with Gasteiger partial charge in [0, 0.05) is 12.1 Å². The van der Waals surface area contributed by atoms with Crippen LogP contribution in [0.5, 0.6) is 11.5 Å². The van der Waals surface area contributed by atoms with Crippen molar-refractivity contribution in [3.63, 3.8) is 0 Å². The highest BCUT2D eigenvalue weighted by Crippen LogP contribution is 2.31. The molecule has 1 fully saturated rings. The van der Waals surface area contributed by atoms with Gasteiger partial charge in [0.25, 0.3) is 0 Å². The SMILES string of the molecule is COc1cccc(CNCC2CCCC2C)c1O. The quantitative estimate of drug-likeness (QED) is 0.843. The summed E-state index contributed by atoms with van der Waals surface area (Å²) >= 11 is 0. The van der Waals surface area contributed by atoms with Crippen molar-refractivity contribution in [1.82, 2.24) is 5.32 Å². The van der Waals surface area contributed by atoms with Gasteiger partial charge < -0.3 is 15.2 Å². The Balaban J connectivity index is 1.86. The van der Waals surface area contributed by atoms with Crippen LogP contribution < -0.4 is 10.1 Å². The Morgan fingerprint density at radius 1 is 1.39 bits per heavy atom. The summed E-state index contributed by atoms with van der Waals surface area (Å²) < 4.78 is 5.10. The number of nitrogens with one attached hydrogen (secondary N) is 1. The zero-order chi connectivity index (χ0) is 13.0. The zero-order valence-electron chi connectivity index (χ0n) is 11.3. The molecule has 1 aliphatic rings. The lowest BCUT2D eigenvalue weighted by Gasteiger charge is -2.16. The van der Waals surface area contributed by atoms with Crippen LogP contribution in [0.15, 0.2) is 18.2 Å². The van der Waals surface area contributed by atoms with Crippen molar-refractivity contribution in [1.29, 1.82) is 0 Å². The number of benzene rings is 1. The molecule has 1 aromatic rings. The van der Waals surface area contributed by atoms with Gasteiger partial charge in [-0.1, -0.05) is 31.9 Å². The molecule has 0 radical (unpaired) electrons. The van der Waals surface area contributed by atoms with Crippen LogP contribution in [0.2, 0.25) is 0 Å². The number of hydrogen-bond donors (Lipinski definition) is 2. The first kappa shape index (κ1) is 13.2. The maximum absolute atomic E-state index is 9.97. The fourth-order valence-corrected chi connectivity index (χ4v) is 2.79. The van der Waals surface area contributed by atoms with Crippen LogP contribution in [0.25, 0.3) is 0 Å². The van der Waals surface area contributed by atoms with Crippen LogP contribution in [-0.4, -0.2) is 18.8 Å². The number of para-hydroxylation sites is 1. The van der Waals surface area contributed by atoms with Crippen LogP contribution in [0.4, 0.5) is 0 Å². The van der Waals surface area contributed by atoms with E-state index in [-0.39, 0.29) is 5.75 Å². The molecule has 2 unspecified atom stereocenters. The summed E-state index contributed by atoms with van der Waals surface area (Å²) in [6.45, 7) is 4.08. The second-order valence-electron chi connectivity index (χ2n) is 5.27. The summed E-state index contributed by atoms with van der Waals surface area (Å²) in [6.07, 6.45) is 4.05. The van der Waals surface area contributed by atoms with E-state index in [9.17, 15) is 5.11 Å². The van der Waals surface area contributed by atoms with E-state index >= 15 is 0 Å². The molecule has 0 amide bonds. The highest BCUT2D eigenvalue weighted by molar-refractivity contribution is 5.45. The fourth-order valence-electron chi connectivity index (χ4n) is 2.79. The summed E-state index contributed by atoms with van der Waals surface area (Å²) in [7, 11) is 1.58. The molecule has 3 nitrogen and oxygen atoms in total. The largest absolute Gasteiger partial charge is 0.504 e. The van der Waals surface area contributed by atoms with Crippen molar-refractivity contribution in [3.05, 3.63) is 23.8 Å². The van der Waals surface area contributed by atoms with Gasteiger partial charge in [0.1, 0.15) is 0 Å². The molecule has 100 valence electrons. The average Bonchev–Trinajstić information content (AvgIpc) is 2.77. The van der Waals surface area contributed by atoms with E-state index < -0.39 is 0 Å². The molecule has 1 saturated carbocycles. The third-order valence-electron chi connectivity index (χ3n) is 4.06. The summed E-state index contributed by atoms with van der Waals surface area (Å²) in [5, 5.41) is 13.4. The van der Waals surface area contributed by atoms with E-state index in [0.29, 0.717) is 12.3 Å². The highest BCUT2D eigenvalue weighted by atomic mass is 16.5. The Hall–Kier alpha value is -1.22. The summed E-state index contributed by atoms with van der Waals surface area (Å²) in [4.78, 5) is 0. The lowest BCUT2D eigenvalue weighted by Crippen LogP contribution is -2.24. The number of phenols is 1. The Morgan fingerprint density at radius 3 is 2.89 bits per heavy atom. The first-order valence-corrected chi connectivity index (χ1v) is 6.78. The number of rotatable bonds is 5. The first-order valence-electron chi connectivity index (χ1n) is 6.78. The molecule has 0 heterocycles. The molecule has 0 saturated heterocycles. The molecule has 3 heteroatoms. The Morgan fingerprint density at radius 2 is 2.22 bits per heavy atom. The van der Waals surface area contributed by atoms with Gasteiger partial charge in [-0.2, -0.15) is 0 Å². The van der Waals surface area contributed by atoms with E-state index in [0.717, 1.165) is 23.9 Å². The van der Waals surface area contributed by atoms with E-state index in [1.165, 1.54) is 19.3 Å². The fraction of sp³-hybridized carbons (Fsp3) is 0.600. The highest BCUT2D eigenvalue weighted by Gasteiger charge is 2.22. The number of phenolic OH excluding ortho intramolecular Hbond substituents is 1. The molecule has 1 aromatic carbocycles. The van der Waals surface area contributed by atoms with Crippen LogP contribution in [0.3, 0.4) is 0 Å². The number of methoxy groups -OCH3 is 1. The molecule has 1 aliphatic carbocycles. The van der Waals surface area contributed by atoms with Gasteiger partial charge in [-0.05, 0) is 30.9 Å². The molecule has 2 atom stereocenters. The predicted octanol–water partition coefficient (Wildman–Crippen LogP) is 2.93. The minimum Gasteiger partial charge on any atom is -0.504 e. The van der Waals surface area contributed by atoms with Crippen LogP contribution in [-0.2, 0) is 6.54 Å². The lowest BCUT2D eigenvalue weighted by molar-refractivity contribution is 0.365. The summed E-state index contributed by atoms with van der Waals surface area (Å²) in [5.41, 5.74) is 0.903. The van der Waals surface area contributed by atoms with Gasteiger partial charge in [0.15, 0.2) is 11.5 Å². The molecule has 0 bridgehead atoms. The van der Waals surface area contributed by atoms with Crippen molar-refractivity contribution in [3.8, 4) is 11.5 Å². The topological polar surface area (TPSA) is 41.5 Å². The molecule has 0 spiro atoms. The van der Waals surface area contributed by atoms with E-state index in [4.69, 9.17) is 4.74 Å². The number of ether oxygens (including phenoxy) is 1. The molecule has 2 rings (SSSR count). The molecular weight excluding hydrogens is 226 g/mol. The third kappa shape index (κ3) is 2.96. The molecule has 0 aromatic heterocycles. The second-order valence-corrected chi connectivity index (χ2v) is 5.27. The van der Waals surface area contributed by atoms with Gasteiger partial charge in [0.2, 0.25) is 0 Å². The Labute approximate surface area is 109 Å². The van der Waals surface area contributed by atoms with Crippen LogP contribution >= 0.6 is 0 Å². The molecular formula is C15H23NO2. The molecule has 18 heavy (non-hydrogen) atoms. The minimum absolute atomic E-state index is 0.256. The van der Waals surface area contributed by atoms with Gasteiger partial charge in [-0.3, -0.25) is 0 Å². The van der Waals surface area contributed by atoms with E-state index in [2.05, 4.69) is 12.2 Å². The summed E-state index contributed by atoms with van der Waals surface area (Å²) in [6, 6.07) is 5.62. The standard InChI is InChI=1S/C15H23NO2/c1-11-5-3-6-12(11)9-16-10-13-7-4-8-14(18-2)15(13)17/h4,7-8,11-12,16-17H,3,5-6,9-10H2,1-2H3. The third-order valence-corrected chi connectivity index (χ3v) is 4.06. The van der Waals surface area contributed by atoms with Crippen molar-refractivity contribution in [2.75, 3.05) is 13.7 Å². The van der Waals surface area contributed by atoms with Gasteiger partial charge in [-0.25, -0.2) is 0 Å². The minimum atomic E-state index is 0.256. The Bertz CT molecular complexity index is 392. The van der Waals surface area contributed by atoms with Gasteiger partial charge >= 0.3 is 0 Å². The average molecular weight is 249 g/mol. The predicted molar refractivity (Wildman–Crippen MR) is 72.9 cm³/mol. The van der Waals surface area contributed by atoms with Crippen molar-refractivity contribution in [2.45, 2.75) is 32.7 Å². The normalized spacial score (nSPS) is 23.2. The Kier molecular flexibility index (Phi) is 4.48. The van der Waals surface area contributed by atoms with Gasteiger partial charge in [0.05, 0.1) is 7.11 Å². The van der Waals surface area contributed by atoms with E-state index in [1.54, 1.807) is 13.2 Å². The zero-order valence-corrected chi connectivity index (χ0v) is 11.3. The number of hydrogen-bond acceptors (Lipinski definition) is 3. The van der Waals surface area contributed by atoms with Crippen molar-refractivity contribution >= 4 is 0 Å². The molecule has 2 N–H and O–H groups in total. The van der Waals surface area contributed by atoms with Crippen LogP contribution in [0, 0.1) is 11.8 Å². The molecule has 0 aliphatic heterocycles. The lowest BCUT2D eigenvalue weighted by atomic mass is 9.98. The maximum Gasteiger partial charge on any atom is 0.162 e. The monoisotopic (exact) mass is 249 g/mol. The summed E-state index contributed by atoms with van der Waals surface area (Å²) in [5.74, 6) is 2.42. The van der Waals surface area contributed by atoms with Gasteiger partial charge in [-0.15, -0.1) is 0 Å². The van der Waals surface area contributed by atoms with Crippen LogP contribution in [0.1, 0.15) is 31.7 Å². The second kappa shape index (κ2) is 6.10. The maximum atomic E-state index is 9.97.